The predicted octanol–water partition coefficient (Wildman–Crippen LogP) is 3.01. The quantitative estimate of drug-likeness (QED) is 0.339. The van der Waals surface area contributed by atoms with Crippen LogP contribution in [0.15, 0.2) is 0 Å². The first-order valence-corrected chi connectivity index (χ1v) is 10.1. The molecule has 27 heavy (non-hydrogen) atoms. The van der Waals surface area contributed by atoms with Crippen LogP contribution >= 0.6 is 7.82 Å². The van der Waals surface area contributed by atoms with Crippen molar-refractivity contribution in [2.24, 2.45) is 10.8 Å². The third kappa shape index (κ3) is 7.33. The lowest BCUT2D eigenvalue weighted by Gasteiger charge is -2.39. The molecule has 0 unspecified atom stereocenters. The molecule has 10 heteroatoms. The molecule has 1 heterocycles. The van der Waals surface area contributed by atoms with Crippen molar-refractivity contribution in [3.63, 3.8) is 0 Å². The zero-order valence-electron chi connectivity index (χ0n) is 16.7. The molecule has 156 valence electrons. The van der Waals surface area contributed by atoms with Crippen LogP contribution in [0.5, 0.6) is 0 Å². The van der Waals surface area contributed by atoms with E-state index in [4.69, 9.17) is 18.3 Å². The summed E-state index contributed by atoms with van der Waals surface area (Å²) in [5, 5.41) is 0. The average molecular weight is 408 g/mol. The molecular weight excluding hydrogens is 379 g/mol. The second kappa shape index (κ2) is 9.28. The van der Waals surface area contributed by atoms with Crippen LogP contribution in [0.3, 0.4) is 0 Å². The van der Waals surface area contributed by atoms with E-state index in [1.54, 1.807) is 34.6 Å². The Morgan fingerprint density at radius 2 is 1.81 bits per heavy atom. The topological polar surface area (TPSA) is 114 Å². The van der Waals surface area contributed by atoms with Crippen LogP contribution in [0.2, 0.25) is 0 Å². The number of ketones is 1. The normalized spacial score (nSPS) is 24.9. The van der Waals surface area contributed by atoms with E-state index in [0.717, 1.165) is 0 Å². The molecule has 0 bridgehead atoms. The Hall–Kier alpha value is -1.28. The molecule has 0 aliphatic carbocycles. The Morgan fingerprint density at radius 3 is 2.37 bits per heavy atom. The molecule has 0 aromatic carbocycles. The Labute approximate surface area is 159 Å². The van der Waals surface area contributed by atoms with Crippen molar-refractivity contribution in [2.75, 3.05) is 20.5 Å². The van der Waals surface area contributed by atoms with Gasteiger partial charge < -0.3 is 9.47 Å². The molecule has 0 radical (unpaired) electrons. The molecule has 0 N–H and O–H groups in total. The lowest BCUT2D eigenvalue weighted by molar-refractivity contribution is -0.163. The summed E-state index contributed by atoms with van der Waals surface area (Å²) in [5.41, 5.74) is -1.48. The van der Waals surface area contributed by atoms with Gasteiger partial charge in [-0.1, -0.05) is 13.8 Å². The van der Waals surface area contributed by atoms with Gasteiger partial charge in [-0.25, -0.2) is 9.09 Å². The maximum atomic E-state index is 12.6. The number of phosphoric ester groups is 1. The van der Waals surface area contributed by atoms with Gasteiger partial charge in [0, 0.05) is 18.3 Å². The van der Waals surface area contributed by atoms with Crippen LogP contribution in [0.1, 0.15) is 53.9 Å². The monoisotopic (exact) mass is 408 g/mol. The van der Waals surface area contributed by atoms with Gasteiger partial charge in [-0.2, -0.15) is 0 Å². The highest BCUT2D eigenvalue weighted by Gasteiger charge is 2.48. The summed E-state index contributed by atoms with van der Waals surface area (Å²) < 4.78 is 37.6. The van der Waals surface area contributed by atoms with Crippen molar-refractivity contribution in [2.45, 2.75) is 60.0 Å². The van der Waals surface area contributed by atoms with E-state index in [2.05, 4.69) is 4.74 Å². The van der Waals surface area contributed by atoms with Gasteiger partial charge in [-0.15, -0.1) is 0 Å². The molecule has 1 aliphatic heterocycles. The molecule has 2 atom stereocenters. The lowest BCUT2D eigenvalue weighted by Crippen LogP contribution is -2.45. The number of carbonyl (C=O) groups excluding carboxylic acids is 3. The van der Waals surface area contributed by atoms with Crippen LogP contribution < -0.4 is 0 Å². The Morgan fingerprint density at radius 1 is 1.19 bits per heavy atom. The fourth-order valence-corrected chi connectivity index (χ4v) is 3.72. The van der Waals surface area contributed by atoms with E-state index >= 15 is 0 Å². The van der Waals surface area contributed by atoms with Crippen LogP contribution in [0.25, 0.3) is 0 Å². The van der Waals surface area contributed by atoms with Crippen molar-refractivity contribution in [3.8, 4) is 0 Å². The molecule has 9 nitrogen and oxygen atoms in total. The molecule has 1 fully saturated rings. The first-order valence-electron chi connectivity index (χ1n) is 8.65. The zero-order valence-corrected chi connectivity index (χ0v) is 17.6. The van der Waals surface area contributed by atoms with Gasteiger partial charge >= 0.3 is 19.8 Å². The number of Topliss-reactive ketones (excluding diaryl/α,β-unsaturated/α-hetero) is 1. The molecule has 0 amide bonds. The van der Waals surface area contributed by atoms with Gasteiger partial charge in [0.15, 0.2) is 5.78 Å². The molecule has 1 aliphatic rings. The summed E-state index contributed by atoms with van der Waals surface area (Å²) in [6.07, 6.45) is -0.588. The maximum Gasteiger partial charge on any atom is 0.478 e. The highest BCUT2D eigenvalue weighted by molar-refractivity contribution is 7.48. The largest absolute Gasteiger partial charge is 0.478 e. The number of rotatable bonds is 8. The summed E-state index contributed by atoms with van der Waals surface area (Å²) in [6, 6.07) is 0. The average Bonchev–Trinajstić information content (AvgIpc) is 2.56. The Balaban J connectivity index is 2.65. The van der Waals surface area contributed by atoms with Gasteiger partial charge in [-0.3, -0.25) is 23.4 Å². The Kier molecular flexibility index (Phi) is 8.16. The van der Waals surface area contributed by atoms with E-state index in [1.165, 1.54) is 7.11 Å². The number of hydrogen-bond acceptors (Lipinski definition) is 9. The van der Waals surface area contributed by atoms with Crippen LogP contribution in [0.4, 0.5) is 0 Å². The van der Waals surface area contributed by atoms with Gasteiger partial charge in [-0.05, 0) is 27.2 Å². The number of hydrogen-bond donors (Lipinski definition) is 0. The molecule has 1 saturated heterocycles. The lowest BCUT2D eigenvalue weighted by atomic mass is 9.84. The third-order valence-electron chi connectivity index (χ3n) is 3.88. The first kappa shape index (κ1) is 23.8. The number of esters is 2. The van der Waals surface area contributed by atoms with Crippen molar-refractivity contribution in [1.82, 2.24) is 0 Å². The minimum atomic E-state index is -4.06. The minimum absolute atomic E-state index is 0.0368. The van der Waals surface area contributed by atoms with Crippen molar-refractivity contribution in [3.05, 3.63) is 0 Å². The molecule has 0 aromatic rings. The van der Waals surface area contributed by atoms with E-state index in [1.807, 2.05) is 0 Å². The third-order valence-corrected chi connectivity index (χ3v) is 5.21. The number of ether oxygens (including phenoxy) is 2. The van der Waals surface area contributed by atoms with Gasteiger partial charge in [0.25, 0.3) is 0 Å². The standard InChI is InChI=1S/C17H29O9P/c1-16(2,3)15(20)23-11-25-27(21)24-10-17(4,5)14(26-27)12(18)8-7-9-13(19)22-6/h14H,7-11H2,1-6H3/t14-,27+/m0/s1. The van der Waals surface area contributed by atoms with Crippen LogP contribution in [-0.2, 0) is 42.0 Å². The van der Waals surface area contributed by atoms with Crippen molar-refractivity contribution in [1.29, 1.82) is 0 Å². The molecule has 0 aromatic heterocycles. The maximum absolute atomic E-state index is 12.6. The van der Waals surface area contributed by atoms with Crippen LogP contribution in [-0.4, -0.2) is 44.3 Å². The van der Waals surface area contributed by atoms with Crippen LogP contribution in [0, 0.1) is 10.8 Å². The summed E-state index contributed by atoms with van der Waals surface area (Å²) in [7, 11) is -2.79. The zero-order chi connectivity index (χ0) is 20.9. The van der Waals surface area contributed by atoms with E-state index in [9.17, 15) is 18.9 Å². The van der Waals surface area contributed by atoms with E-state index < -0.39 is 43.5 Å². The SMILES string of the molecule is COC(=O)CCCC(=O)[C@@H]1O[P@@](=O)(OCOC(=O)C(C)(C)C)OCC1(C)C. The summed E-state index contributed by atoms with van der Waals surface area (Å²) in [5.74, 6) is -1.27. The van der Waals surface area contributed by atoms with Gasteiger partial charge in [0.05, 0.1) is 19.1 Å². The van der Waals surface area contributed by atoms with E-state index in [0.29, 0.717) is 0 Å². The molecule has 0 spiro atoms. The summed E-state index contributed by atoms with van der Waals surface area (Å²) >= 11 is 0. The van der Waals surface area contributed by atoms with Crippen molar-refractivity contribution < 1.29 is 42.0 Å². The Bertz CT molecular complexity index is 606. The second-order valence-corrected chi connectivity index (χ2v) is 9.64. The molecule has 1 rings (SSSR count). The van der Waals surface area contributed by atoms with Gasteiger partial charge in [0.2, 0.25) is 6.79 Å². The van der Waals surface area contributed by atoms with Crippen molar-refractivity contribution >= 4 is 25.5 Å². The fourth-order valence-electron chi connectivity index (χ4n) is 2.19. The van der Waals surface area contributed by atoms with Gasteiger partial charge in [0.1, 0.15) is 6.10 Å². The van der Waals surface area contributed by atoms with E-state index in [-0.39, 0.29) is 31.7 Å². The smallest absolute Gasteiger partial charge is 0.469 e. The first-order chi connectivity index (χ1) is 12.3. The predicted molar refractivity (Wildman–Crippen MR) is 94.6 cm³/mol. The second-order valence-electron chi connectivity index (χ2n) is 8.02. The number of methoxy groups -OCH3 is 1. The minimum Gasteiger partial charge on any atom is -0.469 e. The highest BCUT2D eigenvalue weighted by atomic mass is 31.2. The number of carbonyl (C=O) groups is 3. The highest BCUT2D eigenvalue weighted by Crippen LogP contribution is 2.57. The summed E-state index contributed by atoms with van der Waals surface area (Å²) in [4.78, 5) is 35.4. The molecule has 0 saturated carbocycles. The summed E-state index contributed by atoms with van der Waals surface area (Å²) in [6.45, 7) is 7.81. The molecular formula is C17H29O9P. The number of phosphoric acid groups is 1. The fraction of sp³-hybridized carbons (Fsp3) is 0.824.